The topological polar surface area (TPSA) is 149 Å². The van der Waals surface area contributed by atoms with Crippen LogP contribution in [-0.4, -0.2) is 87.5 Å². The molecule has 0 saturated carbocycles. The molecule has 0 bridgehead atoms. The Morgan fingerprint density at radius 3 is 1.13 bits per heavy atom. The number of amides is 1. The van der Waals surface area contributed by atoms with Gasteiger partial charge in [0, 0.05) is 6.42 Å². The third-order valence-electron chi connectivity index (χ3n) is 13.7. The summed E-state index contributed by atoms with van der Waals surface area (Å²) in [5.41, 5.74) is 0. The normalized spacial score (nSPS) is 20.0. The van der Waals surface area contributed by atoms with Crippen LogP contribution in [0.5, 0.6) is 0 Å². The molecule has 7 atom stereocenters. The average Bonchev–Trinajstić information content (AvgIpc) is 3.28. The van der Waals surface area contributed by atoms with Gasteiger partial charge in [0.05, 0.1) is 25.4 Å². The molecule has 0 spiro atoms. The Bertz CT molecular complexity index is 955. The second-order valence-electron chi connectivity index (χ2n) is 19.7. The predicted molar refractivity (Wildman–Crippen MR) is 263 cm³/mol. The largest absolute Gasteiger partial charge is 0.394 e. The van der Waals surface area contributed by atoms with Gasteiger partial charge in [0.25, 0.3) is 0 Å². The standard InChI is InChI=1S/C54H107NO8/c1-3-5-7-9-11-13-15-17-18-19-20-21-22-23-24-25-26-27-28-29-30-32-34-36-38-40-42-44-50(58)55-47(46-62-54-53(61)52(60)51(59)49(45-56)63-54)48(57)43-41-39-37-35-33-31-16-14-12-10-8-6-4-2/h47-49,51-54,56-57,59-61H,3-46H2,1-2H3,(H,55,58). The summed E-state index contributed by atoms with van der Waals surface area (Å²) in [4.78, 5) is 13.0. The quantitative estimate of drug-likeness (QED) is 0.0331. The lowest BCUT2D eigenvalue weighted by molar-refractivity contribution is -0.302. The van der Waals surface area contributed by atoms with Crippen molar-refractivity contribution < 1.29 is 39.8 Å². The molecule has 1 fully saturated rings. The van der Waals surface area contributed by atoms with Crippen molar-refractivity contribution in [1.82, 2.24) is 5.32 Å². The summed E-state index contributed by atoms with van der Waals surface area (Å²) in [7, 11) is 0. The van der Waals surface area contributed by atoms with E-state index in [1.54, 1.807) is 0 Å². The van der Waals surface area contributed by atoms with Crippen molar-refractivity contribution >= 4 is 5.91 Å². The van der Waals surface area contributed by atoms with Crippen LogP contribution >= 0.6 is 0 Å². The van der Waals surface area contributed by atoms with Gasteiger partial charge in [-0.25, -0.2) is 0 Å². The molecular weight excluding hydrogens is 791 g/mol. The molecule has 1 heterocycles. The number of nitrogens with one attached hydrogen (secondary N) is 1. The van der Waals surface area contributed by atoms with E-state index >= 15 is 0 Å². The van der Waals surface area contributed by atoms with Gasteiger partial charge in [-0.1, -0.05) is 264 Å². The Labute approximate surface area is 389 Å². The van der Waals surface area contributed by atoms with Gasteiger partial charge in [-0.15, -0.1) is 0 Å². The van der Waals surface area contributed by atoms with Crippen molar-refractivity contribution in [2.45, 2.75) is 326 Å². The molecular formula is C54H107NO8. The van der Waals surface area contributed by atoms with Crippen LogP contribution in [0.15, 0.2) is 0 Å². The molecule has 9 heteroatoms. The fourth-order valence-corrected chi connectivity index (χ4v) is 9.28. The first-order valence-electron chi connectivity index (χ1n) is 27.7. The van der Waals surface area contributed by atoms with Crippen molar-refractivity contribution in [3.63, 3.8) is 0 Å². The van der Waals surface area contributed by atoms with E-state index in [0.717, 1.165) is 38.5 Å². The van der Waals surface area contributed by atoms with E-state index < -0.39 is 49.5 Å². The fraction of sp³-hybridized carbons (Fsp3) is 0.981. The average molecular weight is 898 g/mol. The van der Waals surface area contributed by atoms with Gasteiger partial charge in [-0.05, 0) is 12.8 Å². The number of hydrogen-bond donors (Lipinski definition) is 6. The lowest BCUT2D eigenvalue weighted by Gasteiger charge is -2.40. The summed E-state index contributed by atoms with van der Waals surface area (Å²) in [5, 5.41) is 54.5. The number of ether oxygens (including phenoxy) is 2. The molecule has 376 valence electrons. The van der Waals surface area contributed by atoms with Crippen LogP contribution in [0.4, 0.5) is 0 Å². The van der Waals surface area contributed by atoms with Gasteiger partial charge >= 0.3 is 0 Å². The minimum absolute atomic E-state index is 0.131. The number of unbranched alkanes of at least 4 members (excludes halogenated alkanes) is 38. The van der Waals surface area contributed by atoms with E-state index in [1.165, 1.54) is 218 Å². The molecule has 1 aliphatic heterocycles. The molecule has 0 radical (unpaired) electrons. The Morgan fingerprint density at radius 2 is 0.794 bits per heavy atom. The molecule has 9 nitrogen and oxygen atoms in total. The maximum atomic E-state index is 13.0. The van der Waals surface area contributed by atoms with Crippen molar-refractivity contribution in [2.75, 3.05) is 13.2 Å². The number of carbonyl (C=O) groups is 1. The van der Waals surface area contributed by atoms with Crippen LogP contribution in [-0.2, 0) is 14.3 Å². The number of hydrogen-bond acceptors (Lipinski definition) is 8. The molecule has 0 aliphatic carbocycles. The highest BCUT2D eigenvalue weighted by Gasteiger charge is 2.44. The van der Waals surface area contributed by atoms with Gasteiger partial charge in [0.1, 0.15) is 24.4 Å². The van der Waals surface area contributed by atoms with Crippen LogP contribution in [0.3, 0.4) is 0 Å². The van der Waals surface area contributed by atoms with Crippen molar-refractivity contribution in [3.8, 4) is 0 Å². The fourth-order valence-electron chi connectivity index (χ4n) is 9.28. The Morgan fingerprint density at radius 1 is 0.476 bits per heavy atom. The van der Waals surface area contributed by atoms with E-state index in [-0.39, 0.29) is 12.5 Å². The van der Waals surface area contributed by atoms with E-state index in [0.29, 0.717) is 12.8 Å². The third kappa shape index (κ3) is 35.1. The number of aliphatic hydroxyl groups excluding tert-OH is 5. The van der Waals surface area contributed by atoms with E-state index in [1.807, 2.05) is 0 Å². The molecule has 1 rings (SSSR count). The second kappa shape index (κ2) is 45.0. The zero-order chi connectivity index (χ0) is 45.9. The van der Waals surface area contributed by atoms with Gasteiger partial charge in [-0.2, -0.15) is 0 Å². The SMILES string of the molecule is CCCCCCCCCCCCCCCCCCCCCCCCCCCCCC(=O)NC(COC1OC(CO)C(O)C(O)C1O)C(O)CCCCCCCCCCCCCCC. The van der Waals surface area contributed by atoms with Gasteiger partial charge in [-0.3, -0.25) is 4.79 Å². The van der Waals surface area contributed by atoms with Gasteiger partial charge < -0.3 is 40.3 Å². The Hall–Kier alpha value is -0.810. The molecule has 63 heavy (non-hydrogen) atoms. The van der Waals surface area contributed by atoms with Crippen LogP contribution in [0.2, 0.25) is 0 Å². The highest BCUT2D eigenvalue weighted by Crippen LogP contribution is 2.23. The highest BCUT2D eigenvalue weighted by atomic mass is 16.7. The lowest BCUT2D eigenvalue weighted by Crippen LogP contribution is -2.60. The smallest absolute Gasteiger partial charge is 0.220 e. The third-order valence-corrected chi connectivity index (χ3v) is 13.7. The molecule has 0 aromatic heterocycles. The molecule has 6 N–H and O–H groups in total. The Kier molecular flexibility index (Phi) is 43.0. The second-order valence-corrected chi connectivity index (χ2v) is 19.7. The summed E-state index contributed by atoms with van der Waals surface area (Å²) >= 11 is 0. The van der Waals surface area contributed by atoms with E-state index in [2.05, 4.69) is 19.2 Å². The van der Waals surface area contributed by atoms with Crippen molar-refractivity contribution in [2.24, 2.45) is 0 Å². The summed E-state index contributed by atoms with van der Waals surface area (Å²) < 4.78 is 11.3. The molecule has 0 aromatic rings. The predicted octanol–water partition coefficient (Wildman–Crippen LogP) is 13.1. The van der Waals surface area contributed by atoms with Crippen LogP contribution < -0.4 is 5.32 Å². The minimum Gasteiger partial charge on any atom is -0.394 e. The van der Waals surface area contributed by atoms with E-state index in [9.17, 15) is 30.3 Å². The molecule has 7 unspecified atom stereocenters. The van der Waals surface area contributed by atoms with Crippen LogP contribution in [0.25, 0.3) is 0 Å². The molecule has 1 saturated heterocycles. The minimum atomic E-state index is -1.55. The zero-order valence-corrected chi connectivity index (χ0v) is 41.6. The van der Waals surface area contributed by atoms with Crippen LogP contribution in [0.1, 0.15) is 284 Å². The molecule has 1 aliphatic rings. The zero-order valence-electron chi connectivity index (χ0n) is 41.6. The summed E-state index contributed by atoms with van der Waals surface area (Å²) in [5.74, 6) is -0.138. The maximum absolute atomic E-state index is 13.0. The first-order chi connectivity index (χ1) is 30.8. The van der Waals surface area contributed by atoms with E-state index in [4.69, 9.17) is 9.47 Å². The first kappa shape index (κ1) is 60.2. The lowest BCUT2D eigenvalue weighted by atomic mass is 9.99. The molecule has 1 amide bonds. The molecule has 0 aromatic carbocycles. The monoisotopic (exact) mass is 898 g/mol. The summed E-state index contributed by atoms with van der Waals surface area (Å²) in [6.45, 7) is 3.87. The number of carbonyl (C=O) groups excluding carboxylic acids is 1. The van der Waals surface area contributed by atoms with Crippen LogP contribution in [0, 0.1) is 0 Å². The van der Waals surface area contributed by atoms with Gasteiger partial charge in [0.2, 0.25) is 5.91 Å². The maximum Gasteiger partial charge on any atom is 0.220 e. The Balaban J connectivity index is 2.14. The number of aliphatic hydroxyl groups is 5. The van der Waals surface area contributed by atoms with Crippen molar-refractivity contribution in [1.29, 1.82) is 0 Å². The first-order valence-corrected chi connectivity index (χ1v) is 27.7. The highest BCUT2D eigenvalue weighted by molar-refractivity contribution is 5.76. The number of rotatable bonds is 48. The summed E-state index contributed by atoms with van der Waals surface area (Å²) in [6.07, 6.45) is 45.6. The summed E-state index contributed by atoms with van der Waals surface area (Å²) in [6, 6.07) is -0.712. The van der Waals surface area contributed by atoms with Crippen molar-refractivity contribution in [3.05, 3.63) is 0 Å². The van der Waals surface area contributed by atoms with Gasteiger partial charge in [0.15, 0.2) is 6.29 Å².